The van der Waals surface area contributed by atoms with Crippen molar-refractivity contribution >= 4 is 22.0 Å². The summed E-state index contributed by atoms with van der Waals surface area (Å²) in [5.74, 6) is -1.07. The highest BCUT2D eigenvalue weighted by Gasteiger charge is 2.46. The number of piperidine rings is 1. The lowest BCUT2D eigenvalue weighted by Gasteiger charge is -2.36. The number of unbranched alkanes of at least 4 members (excludes halogenated alkanes) is 3. The van der Waals surface area contributed by atoms with Gasteiger partial charge in [0, 0.05) is 30.5 Å². The van der Waals surface area contributed by atoms with Gasteiger partial charge in [-0.15, -0.1) is 0 Å². The van der Waals surface area contributed by atoms with Crippen LogP contribution in [0.25, 0.3) is 0 Å². The van der Waals surface area contributed by atoms with Gasteiger partial charge < -0.3 is 9.47 Å². The average Bonchev–Trinajstić information content (AvgIpc) is 2.85. The largest absolute Gasteiger partial charge is 0.462 e. The molecular formula is C21H35NO6S. The van der Waals surface area contributed by atoms with E-state index >= 15 is 0 Å². The molecular weight excluding hydrogens is 394 g/mol. The normalized spacial score (nSPS) is 25.4. The van der Waals surface area contributed by atoms with Crippen LogP contribution in [0.4, 0.5) is 0 Å². The van der Waals surface area contributed by atoms with Gasteiger partial charge in [-0.3, -0.25) is 4.79 Å². The molecule has 0 radical (unpaired) electrons. The molecule has 1 saturated heterocycles. The average molecular weight is 430 g/mol. The van der Waals surface area contributed by atoms with Gasteiger partial charge in [0.05, 0.1) is 18.8 Å². The molecule has 0 aromatic carbocycles. The van der Waals surface area contributed by atoms with Gasteiger partial charge in [0.25, 0.3) is 0 Å². The molecule has 166 valence electrons. The summed E-state index contributed by atoms with van der Waals surface area (Å²) in [4.78, 5) is 24.5. The summed E-state index contributed by atoms with van der Waals surface area (Å²) in [7, 11) is -3.24. The summed E-state index contributed by atoms with van der Waals surface area (Å²) in [6, 6.07) is 0. The smallest absolute Gasteiger partial charge is 0.334 e. The van der Waals surface area contributed by atoms with Gasteiger partial charge in [0.1, 0.15) is 6.10 Å². The van der Waals surface area contributed by atoms with Crippen molar-refractivity contribution in [2.45, 2.75) is 77.4 Å². The SMILES string of the molecule is C=C(CC(=O)O[C@H](C)CCCCCC)C(=O)OC1C2CCC1CN(S(C)(=O)=O)C2. The van der Waals surface area contributed by atoms with E-state index in [2.05, 4.69) is 13.5 Å². The predicted molar refractivity (Wildman–Crippen MR) is 111 cm³/mol. The fraction of sp³-hybridized carbons (Fsp3) is 0.810. The van der Waals surface area contributed by atoms with Crippen molar-refractivity contribution in [1.82, 2.24) is 4.31 Å². The van der Waals surface area contributed by atoms with Crippen LogP contribution in [0.5, 0.6) is 0 Å². The molecule has 2 bridgehead atoms. The molecule has 1 aliphatic carbocycles. The number of nitrogens with zero attached hydrogens (tertiary/aromatic N) is 1. The van der Waals surface area contributed by atoms with Crippen molar-refractivity contribution in [2.75, 3.05) is 19.3 Å². The quantitative estimate of drug-likeness (QED) is 0.285. The molecule has 7 nitrogen and oxygen atoms in total. The molecule has 0 spiro atoms. The van der Waals surface area contributed by atoms with Crippen molar-refractivity contribution in [1.29, 1.82) is 0 Å². The van der Waals surface area contributed by atoms with E-state index in [1.54, 1.807) is 0 Å². The van der Waals surface area contributed by atoms with Crippen LogP contribution in [0.2, 0.25) is 0 Å². The van der Waals surface area contributed by atoms with E-state index in [1.165, 1.54) is 17.0 Å². The van der Waals surface area contributed by atoms with E-state index in [0.29, 0.717) is 13.1 Å². The molecule has 1 saturated carbocycles. The van der Waals surface area contributed by atoms with E-state index < -0.39 is 22.0 Å². The zero-order valence-electron chi connectivity index (χ0n) is 17.9. The molecule has 0 aromatic rings. The topological polar surface area (TPSA) is 90.0 Å². The minimum Gasteiger partial charge on any atom is -0.462 e. The maximum absolute atomic E-state index is 12.4. The van der Waals surface area contributed by atoms with E-state index in [1.807, 2.05) is 6.92 Å². The van der Waals surface area contributed by atoms with Crippen molar-refractivity contribution in [3.63, 3.8) is 0 Å². The monoisotopic (exact) mass is 429 g/mol. The first-order chi connectivity index (χ1) is 13.6. The molecule has 1 aliphatic heterocycles. The fourth-order valence-electron chi connectivity index (χ4n) is 4.23. The van der Waals surface area contributed by atoms with Crippen LogP contribution >= 0.6 is 0 Å². The molecule has 2 fully saturated rings. The molecule has 2 unspecified atom stereocenters. The van der Waals surface area contributed by atoms with E-state index in [-0.39, 0.29) is 36.0 Å². The first-order valence-electron chi connectivity index (χ1n) is 10.6. The summed E-state index contributed by atoms with van der Waals surface area (Å²) in [6.07, 6.45) is 7.47. The number of hydrogen-bond acceptors (Lipinski definition) is 6. The van der Waals surface area contributed by atoms with Crippen LogP contribution in [0, 0.1) is 11.8 Å². The zero-order valence-corrected chi connectivity index (χ0v) is 18.7. The number of fused-ring (bicyclic) bond motifs is 2. The number of esters is 2. The predicted octanol–water partition coefficient (Wildman–Crippen LogP) is 3.05. The summed E-state index contributed by atoms with van der Waals surface area (Å²) < 4.78 is 36.1. The van der Waals surface area contributed by atoms with E-state index in [0.717, 1.165) is 38.5 Å². The van der Waals surface area contributed by atoms with Gasteiger partial charge in [-0.25, -0.2) is 17.5 Å². The minimum atomic E-state index is -3.24. The molecule has 0 amide bonds. The highest BCUT2D eigenvalue weighted by Crippen LogP contribution is 2.40. The Hall–Kier alpha value is -1.41. The van der Waals surface area contributed by atoms with Gasteiger partial charge in [0.2, 0.25) is 10.0 Å². The molecule has 3 atom stereocenters. The van der Waals surface area contributed by atoms with Crippen LogP contribution in [0.15, 0.2) is 12.2 Å². The third kappa shape index (κ3) is 7.10. The molecule has 2 aliphatic rings. The number of carbonyl (C=O) groups is 2. The Morgan fingerprint density at radius 2 is 1.76 bits per heavy atom. The Bertz CT molecular complexity index is 690. The Morgan fingerprint density at radius 1 is 1.14 bits per heavy atom. The highest BCUT2D eigenvalue weighted by molar-refractivity contribution is 7.88. The number of hydrogen-bond donors (Lipinski definition) is 0. The van der Waals surface area contributed by atoms with Gasteiger partial charge in [-0.05, 0) is 32.6 Å². The van der Waals surface area contributed by atoms with Crippen molar-refractivity contribution < 1.29 is 27.5 Å². The third-order valence-electron chi connectivity index (χ3n) is 5.87. The van der Waals surface area contributed by atoms with Crippen molar-refractivity contribution in [3.05, 3.63) is 12.2 Å². The minimum absolute atomic E-state index is 0.00433. The van der Waals surface area contributed by atoms with Gasteiger partial charge in [-0.1, -0.05) is 32.8 Å². The first-order valence-corrected chi connectivity index (χ1v) is 12.5. The second-order valence-corrected chi connectivity index (χ2v) is 10.5. The van der Waals surface area contributed by atoms with Crippen LogP contribution < -0.4 is 0 Å². The maximum atomic E-state index is 12.4. The van der Waals surface area contributed by atoms with E-state index in [9.17, 15) is 18.0 Å². The van der Waals surface area contributed by atoms with Crippen LogP contribution in [0.3, 0.4) is 0 Å². The van der Waals surface area contributed by atoms with E-state index in [4.69, 9.17) is 9.47 Å². The lowest BCUT2D eigenvalue weighted by atomic mass is 9.96. The lowest BCUT2D eigenvalue weighted by molar-refractivity contribution is -0.154. The van der Waals surface area contributed by atoms with Gasteiger partial charge in [0.15, 0.2) is 0 Å². The molecule has 0 N–H and O–H groups in total. The molecule has 29 heavy (non-hydrogen) atoms. The summed E-state index contributed by atoms with van der Waals surface area (Å²) >= 11 is 0. The Morgan fingerprint density at radius 3 is 2.31 bits per heavy atom. The van der Waals surface area contributed by atoms with Gasteiger partial charge in [-0.2, -0.15) is 0 Å². The molecule has 1 heterocycles. The molecule has 2 rings (SSSR count). The number of ether oxygens (including phenoxy) is 2. The summed E-state index contributed by atoms with van der Waals surface area (Å²) in [6.45, 7) is 8.45. The molecule has 0 aromatic heterocycles. The fourth-order valence-corrected chi connectivity index (χ4v) is 5.15. The van der Waals surface area contributed by atoms with Crippen molar-refractivity contribution in [2.24, 2.45) is 11.8 Å². The standard InChI is InChI=1S/C21H35NO6S/c1-5-6-7-8-9-16(3)27-19(23)12-15(2)21(24)28-20-17-10-11-18(20)14-22(13-17)29(4,25)26/h16-18,20H,2,5-14H2,1,3-4H3/t16-,17?,18?,20?/m1/s1. The van der Waals surface area contributed by atoms with Crippen LogP contribution in [-0.2, 0) is 29.1 Å². The summed E-state index contributed by atoms with van der Waals surface area (Å²) in [5.41, 5.74) is 0.0816. The Kier molecular flexibility index (Phi) is 8.70. The second kappa shape index (κ2) is 10.6. The van der Waals surface area contributed by atoms with Crippen LogP contribution in [0.1, 0.15) is 65.2 Å². The number of carbonyl (C=O) groups excluding carboxylic acids is 2. The Balaban J connectivity index is 1.77. The summed E-state index contributed by atoms with van der Waals surface area (Å²) in [5, 5.41) is 0. The third-order valence-corrected chi connectivity index (χ3v) is 7.11. The maximum Gasteiger partial charge on any atom is 0.334 e. The van der Waals surface area contributed by atoms with Gasteiger partial charge >= 0.3 is 11.9 Å². The number of sulfonamides is 1. The molecule has 8 heteroatoms. The number of rotatable bonds is 11. The lowest BCUT2D eigenvalue weighted by Crippen LogP contribution is -2.48. The highest BCUT2D eigenvalue weighted by atomic mass is 32.2. The zero-order chi connectivity index (χ0) is 21.6. The first kappa shape index (κ1) is 23.9. The second-order valence-electron chi connectivity index (χ2n) is 8.48. The van der Waals surface area contributed by atoms with Crippen molar-refractivity contribution in [3.8, 4) is 0 Å². The Labute approximate surface area is 174 Å². The van der Waals surface area contributed by atoms with Crippen LogP contribution in [-0.4, -0.2) is 56.2 Å².